The Balaban J connectivity index is 2.34. The number of nitrogens with zero attached hydrogens (tertiary/aromatic N) is 1. The van der Waals surface area contributed by atoms with Gasteiger partial charge in [0.2, 0.25) is 0 Å². The molecule has 1 aliphatic carbocycles. The molecule has 3 nitrogen and oxygen atoms in total. The van der Waals surface area contributed by atoms with Crippen LogP contribution in [0, 0.1) is 0 Å². The van der Waals surface area contributed by atoms with E-state index in [4.69, 9.17) is 26.1 Å². The third-order valence-electron chi connectivity index (χ3n) is 3.69. The smallest absolute Gasteiger partial charge is 0.148 e. The number of hydrogen-bond acceptors (Lipinski definition) is 3. The molecule has 100 valence electrons. The topological polar surface area (TPSA) is 31.4 Å². The number of fused-ring (bicyclic) bond motifs is 2. The molecular weight excluding hydrogens is 262 g/mol. The van der Waals surface area contributed by atoms with Gasteiger partial charge in [0, 0.05) is 17.1 Å². The molecule has 0 bridgehead atoms. The van der Waals surface area contributed by atoms with Crippen molar-refractivity contribution in [2.24, 2.45) is 0 Å². The van der Waals surface area contributed by atoms with E-state index in [1.165, 1.54) is 18.4 Å². The van der Waals surface area contributed by atoms with Crippen LogP contribution in [-0.2, 0) is 12.8 Å². The zero-order chi connectivity index (χ0) is 13.4. The number of hydrogen-bond donors (Lipinski definition) is 0. The maximum atomic E-state index is 6.57. The second-order valence-corrected chi connectivity index (χ2v) is 5.16. The Bertz CT molecular complexity index is 640. The van der Waals surface area contributed by atoms with Crippen LogP contribution in [-0.4, -0.2) is 19.2 Å². The number of pyridine rings is 1. The number of rotatable bonds is 2. The standard InChI is InChI=1S/C15H16ClNO2/c1-18-9-7-11-14(16)10-5-3-4-6-12(10)17-15(11)13(8-9)19-2/h7-8H,3-6H2,1-2H3. The average molecular weight is 278 g/mol. The fourth-order valence-electron chi connectivity index (χ4n) is 2.69. The highest BCUT2D eigenvalue weighted by Crippen LogP contribution is 2.38. The lowest BCUT2D eigenvalue weighted by molar-refractivity contribution is 0.397. The molecule has 3 rings (SSSR count). The first-order valence-electron chi connectivity index (χ1n) is 6.47. The average Bonchev–Trinajstić information content (AvgIpc) is 2.47. The van der Waals surface area contributed by atoms with Gasteiger partial charge in [0.05, 0.1) is 19.2 Å². The van der Waals surface area contributed by atoms with E-state index in [-0.39, 0.29) is 0 Å². The molecule has 0 saturated heterocycles. The van der Waals surface area contributed by atoms with Crippen LogP contribution in [0.3, 0.4) is 0 Å². The summed E-state index contributed by atoms with van der Waals surface area (Å²) < 4.78 is 10.7. The van der Waals surface area contributed by atoms with Gasteiger partial charge in [-0.1, -0.05) is 11.6 Å². The van der Waals surface area contributed by atoms with Gasteiger partial charge < -0.3 is 9.47 Å². The lowest BCUT2D eigenvalue weighted by Crippen LogP contribution is -2.07. The molecule has 0 saturated carbocycles. The quantitative estimate of drug-likeness (QED) is 0.837. The minimum absolute atomic E-state index is 0.713. The Labute approximate surface area is 117 Å². The molecule has 2 aromatic rings. The van der Waals surface area contributed by atoms with Crippen LogP contribution in [0.4, 0.5) is 0 Å². The van der Waals surface area contributed by atoms with Gasteiger partial charge in [-0.25, -0.2) is 4.98 Å². The van der Waals surface area contributed by atoms with Gasteiger partial charge in [0.15, 0.2) is 0 Å². The van der Waals surface area contributed by atoms with Gasteiger partial charge in [-0.05, 0) is 37.3 Å². The highest BCUT2D eigenvalue weighted by Gasteiger charge is 2.19. The van der Waals surface area contributed by atoms with Gasteiger partial charge in [-0.15, -0.1) is 0 Å². The van der Waals surface area contributed by atoms with Crippen molar-refractivity contribution in [1.29, 1.82) is 0 Å². The van der Waals surface area contributed by atoms with E-state index in [1.54, 1.807) is 14.2 Å². The molecule has 0 atom stereocenters. The summed E-state index contributed by atoms with van der Waals surface area (Å²) in [5, 5.41) is 1.72. The fraction of sp³-hybridized carbons (Fsp3) is 0.400. The molecule has 1 aromatic heterocycles. The first kappa shape index (κ1) is 12.5. The van der Waals surface area contributed by atoms with Crippen molar-refractivity contribution in [3.8, 4) is 11.5 Å². The number of aryl methyl sites for hydroxylation is 1. The predicted molar refractivity (Wildman–Crippen MR) is 76.5 cm³/mol. The Morgan fingerprint density at radius 1 is 1.11 bits per heavy atom. The minimum Gasteiger partial charge on any atom is -0.497 e. The Kier molecular flexibility index (Phi) is 3.23. The maximum Gasteiger partial charge on any atom is 0.148 e. The van der Waals surface area contributed by atoms with E-state index in [0.717, 1.165) is 40.2 Å². The predicted octanol–water partition coefficient (Wildman–Crippen LogP) is 3.78. The third-order valence-corrected chi connectivity index (χ3v) is 4.12. The molecule has 1 aliphatic rings. The van der Waals surface area contributed by atoms with Crippen LogP contribution in [0.5, 0.6) is 11.5 Å². The fourth-order valence-corrected chi connectivity index (χ4v) is 3.03. The SMILES string of the molecule is COc1cc(OC)c2nc3c(c(Cl)c2c1)CCCC3. The van der Waals surface area contributed by atoms with Crippen molar-refractivity contribution in [3.63, 3.8) is 0 Å². The first-order valence-corrected chi connectivity index (χ1v) is 6.85. The summed E-state index contributed by atoms with van der Waals surface area (Å²) in [5.74, 6) is 1.45. The summed E-state index contributed by atoms with van der Waals surface area (Å²) in [7, 11) is 3.28. The summed E-state index contributed by atoms with van der Waals surface area (Å²) >= 11 is 6.57. The van der Waals surface area contributed by atoms with E-state index in [1.807, 2.05) is 12.1 Å². The van der Waals surface area contributed by atoms with Crippen LogP contribution < -0.4 is 9.47 Å². The summed E-state index contributed by atoms with van der Waals surface area (Å²) in [6.45, 7) is 0. The van der Waals surface area contributed by atoms with Crippen molar-refractivity contribution < 1.29 is 9.47 Å². The molecular formula is C15H16ClNO2. The molecule has 1 heterocycles. The van der Waals surface area contributed by atoms with Crippen molar-refractivity contribution in [3.05, 3.63) is 28.4 Å². The van der Waals surface area contributed by atoms with E-state index >= 15 is 0 Å². The molecule has 0 N–H and O–H groups in total. The van der Waals surface area contributed by atoms with Crippen LogP contribution in [0.1, 0.15) is 24.1 Å². The lowest BCUT2D eigenvalue weighted by Gasteiger charge is -2.19. The summed E-state index contributed by atoms with van der Waals surface area (Å²) in [4.78, 5) is 4.76. The van der Waals surface area contributed by atoms with E-state index in [9.17, 15) is 0 Å². The van der Waals surface area contributed by atoms with Gasteiger partial charge in [0.1, 0.15) is 17.0 Å². The molecule has 4 heteroatoms. The molecule has 0 spiro atoms. The number of aromatic nitrogens is 1. The van der Waals surface area contributed by atoms with Crippen molar-refractivity contribution in [2.75, 3.05) is 14.2 Å². The van der Waals surface area contributed by atoms with Crippen LogP contribution in [0.15, 0.2) is 12.1 Å². The zero-order valence-electron chi connectivity index (χ0n) is 11.1. The second-order valence-electron chi connectivity index (χ2n) is 4.78. The van der Waals surface area contributed by atoms with Crippen LogP contribution >= 0.6 is 11.6 Å². The maximum absolute atomic E-state index is 6.57. The van der Waals surface area contributed by atoms with Gasteiger partial charge in [-0.2, -0.15) is 0 Å². The zero-order valence-corrected chi connectivity index (χ0v) is 11.9. The summed E-state index contributed by atoms with van der Waals surface area (Å²) in [5.41, 5.74) is 3.14. The normalized spacial score (nSPS) is 14.3. The largest absolute Gasteiger partial charge is 0.497 e. The molecule has 0 amide bonds. The number of ether oxygens (including phenoxy) is 2. The Morgan fingerprint density at radius 2 is 1.89 bits per heavy atom. The van der Waals surface area contributed by atoms with Gasteiger partial charge in [0.25, 0.3) is 0 Å². The molecule has 0 radical (unpaired) electrons. The van der Waals surface area contributed by atoms with Crippen molar-refractivity contribution >= 4 is 22.5 Å². The Hall–Kier alpha value is -1.48. The summed E-state index contributed by atoms with van der Waals surface area (Å²) in [6.07, 6.45) is 4.37. The van der Waals surface area contributed by atoms with Gasteiger partial charge in [-0.3, -0.25) is 0 Å². The minimum atomic E-state index is 0.713. The van der Waals surface area contributed by atoms with Gasteiger partial charge >= 0.3 is 0 Å². The molecule has 1 aromatic carbocycles. The second kappa shape index (κ2) is 4.89. The van der Waals surface area contributed by atoms with Crippen LogP contribution in [0.2, 0.25) is 5.02 Å². The monoisotopic (exact) mass is 277 g/mol. The van der Waals surface area contributed by atoms with Crippen molar-refractivity contribution in [1.82, 2.24) is 4.98 Å². The molecule has 19 heavy (non-hydrogen) atoms. The summed E-state index contributed by atoms with van der Waals surface area (Å²) in [6, 6.07) is 3.78. The molecule has 0 aliphatic heterocycles. The molecule has 0 fully saturated rings. The third kappa shape index (κ3) is 2.02. The van der Waals surface area contributed by atoms with E-state index in [2.05, 4.69) is 0 Å². The number of benzene rings is 1. The lowest BCUT2D eigenvalue weighted by atomic mass is 9.94. The Morgan fingerprint density at radius 3 is 2.63 bits per heavy atom. The van der Waals surface area contributed by atoms with E-state index in [0.29, 0.717) is 5.75 Å². The number of halogens is 1. The highest BCUT2D eigenvalue weighted by atomic mass is 35.5. The van der Waals surface area contributed by atoms with E-state index < -0.39 is 0 Å². The van der Waals surface area contributed by atoms with Crippen molar-refractivity contribution in [2.45, 2.75) is 25.7 Å². The first-order chi connectivity index (χ1) is 9.24. The number of methoxy groups -OCH3 is 2. The van der Waals surface area contributed by atoms with Crippen LogP contribution in [0.25, 0.3) is 10.9 Å². The highest BCUT2D eigenvalue weighted by molar-refractivity contribution is 6.36. The molecule has 0 unspecified atom stereocenters.